The molecule has 24 heavy (non-hydrogen) atoms. The molecule has 3 rings (SSSR count). The summed E-state index contributed by atoms with van der Waals surface area (Å²) in [6, 6.07) is 11.0. The van der Waals surface area contributed by atoms with Gasteiger partial charge in [0, 0.05) is 37.0 Å². The fraction of sp³-hybridized carbons (Fsp3) is 0.316. The molecule has 2 aromatic rings. The van der Waals surface area contributed by atoms with Gasteiger partial charge in [-0.05, 0) is 31.5 Å². The predicted molar refractivity (Wildman–Crippen MR) is 89.8 cm³/mol. The van der Waals surface area contributed by atoms with E-state index in [4.69, 9.17) is 0 Å². The first kappa shape index (κ1) is 16.6. The third kappa shape index (κ3) is 3.17. The number of carbonyl (C=O) groups excluding carboxylic acids is 1. The van der Waals surface area contributed by atoms with Crippen molar-refractivity contribution in [2.75, 3.05) is 18.0 Å². The molecule has 0 saturated carbocycles. The lowest BCUT2D eigenvalue weighted by atomic mass is 10.1. The van der Waals surface area contributed by atoms with Crippen molar-refractivity contribution >= 4 is 11.6 Å². The number of amides is 1. The fourth-order valence-corrected chi connectivity index (χ4v) is 3.10. The zero-order valence-electron chi connectivity index (χ0n) is 13.8. The Morgan fingerprint density at radius 3 is 2.58 bits per heavy atom. The van der Waals surface area contributed by atoms with Gasteiger partial charge in [-0.25, -0.2) is 8.78 Å². The van der Waals surface area contributed by atoms with Crippen LogP contribution in [0.25, 0.3) is 0 Å². The Labute approximate surface area is 140 Å². The van der Waals surface area contributed by atoms with Crippen LogP contribution in [0.4, 0.5) is 14.5 Å². The number of para-hydroxylation sites is 1. The summed E-state index contributed by atoms with van der Waals surface area (Å²) in [5.41, 5.74) is 2.37. The van der Waals surface area contributed by atoms with Crippen LogP contribution in [-0.4, -0.2) is 29.9 Å². The number of hydrogen-bond donors (Lipinski definition) is 0. The molecule has 126 valence electrons. The summed E-state index contributed by atoms with van der Waals surface area (Å²) in [5.74, 6) is -1.17. The number of benzene rings is 2. The van der Waals surface area contributed by atoms with Crippen LogP contribution in [0, 0.1) is 18.6 Å². The Hall–Kier alpha value is -2.27. The van der Waals surface area contributed by atoms with Gasteiger partial charge >= 0.3 is 0 Å². The average molecular weight is 330 g/mol. The van der Waals surface area contributed by atoms with Crippen LogP contribution < -0.4 is 4.90 Å². The molecule has 1 saturated heterocycles. The van der Waals surface area contributed by atoms with E-state index in [1.54, 1.807) is 4.90 Å². The van der Waals surface area contributed by atoms with Gasteiger partial charge in [-0.1, -0.05) is 24.3 Å². The molecule has 1 atom stereocenters. The van der Waals surface area contributed by atoms with Gasteiger partial charge in [-0.15, -0.1) is 0 Å². The van der Waals surface area contributed by atoms with Crippen molar-refractivity contribution in [2.24, 2.45) is 0 Å². The number of aryl methyl sites for hydroxylation is 1. The molecule has 0 spiro atoms. The molecule has 3 nitrogen and oxygen atoms in total. The van der Waals surface area contributed by atoms with Gasteiger partial charge in [0.05, 0.1) is 6.04 Å². The molecule has 1 unspecified atom stereocenters. The zero-order chi connectivity index (χ0) is 17.3. The van der Waals surface area contributed by atoms with Crippen molar-refractivity contribution < 1.29 is 13.6 Å². The predicted octanol–water partition coefficient (Wildman–Crippen LogP) is 3.51. The highest BCUT2D eigenvalue weighted by Crippen LogP contribution is 2.25. The number of carbonyl (C=O) groups is 1. The summed E-state index contributed by atoms with van der Waals surface area (Å²) in [5, 5.41) is 0. The van der Waals surface area contributed by atoms with E-state index in [-0.39, 0.29) is 11.9 Å². The summed E-state index contributed by atoms with van der Waals surface area (Å²) in [6.45, 7) is 5.29. The standard InChI is InChI=1S/C19H20F2N2O/c1-13-5-3-4-6-18(13)23-10-9-22(14(2)19(23)24)12-15-7-8-16(20)11-17(15)21/h3-8,11,14H,9-10,12H2,1-2H3. The maximum Gasteiger partial charge on any atom is 0.244 e. The Morgan fingerprint density at radius 1 is 1.12 bits per heavy atom. The first-order valence-corrected chi connectivity index (χ1v) is 8.02. The first-order chi connectivity index (χ1) is 11.5. The molecular formula is C19H20F2N2O. The van der Waals surface area contributed by atoms with Crippen molar-refractivity contribution in [1.82, 2.24) is 4.90 Å². The van der Waals surface area contributed by atoms with Gasteiger partial charge in [0.1, 0.15) is 11.6 Å². The van der Waals surface area contributed by atoms with Gasteiger partial charge in [-0.2, -0.15) is 0 Å². The quantitative estimate of drug-likeness (QED) is 0.860. The topological polar surface area (TPSA) is 23.6 Å². The van der Waals surface area contributed by atoms with Crippen LogP contribution in [0.15, 0.2) is 42.5 Å². The fourth-order valence-electron chi connectivity index (χ4n) is 3.10. The highest BCUT2D eigenvalue weighted by Gasteiger charge is 2.33. The molecule has 1 fully saturated rings. The van der Waals surface area contributed by atoms with Crippen molar-refractivity contribution in [1.29, 1.82) is 0 Å². The van der Waals surface area contributed by atoms with Gasteiger partial charge in [-0.3, -0.25) is 9.69 Å². The molecule has 1 heterocycles. The van der Waals surface area contributed by atoms with E-state index < -0.39 is 11.6 Å². The minimum Gasteiger partial charge on any atom is -0.310 e. The van der Waals surface area contributed by atoms with E-state index >= 15 is 0 Å². The average Bonchev–Trinajstić information content (AvgIpc) is 2.55. The van der Waals surface area contributed by atoms with Crippen LogP contribution in [0.3, 0.4) is 0 Å². The van der Waals surface area contributed by atoms with E-state index in [2.05, 4.69) is 0 Å². The molecule has 0 bridgehead atoms. The molecule has 0 radical (unpaired) electrons. The van der Waals surface area contributed by atoms with Gasteiger partial charge in [0.15, 0.2) is 0 Å². The molecule has 1 aliphatic heterocycles. The largest absolute Gasteiger partial charge is 0.310 e. The molecule has 0 N–H and O–H groups in total. The Morgan fingerprint density at radius 2 is 1.88 bits per heavy atom. The minimum absolute atomic E-state index is 0.00179. The highest BCUT2D eigenvalue weighted by molar-refractivity contribution is 5.98. The van der Waals surface area contributed by atoms with Crippen molar-refractivity contribution in [2.45, 2.75) is 26.4 Å². The molecule has 2 aromatic carbocycles. The lowest BCUT2D eigenvalue weighted by molar-refractivity contribution is -0.125. The summed E-state index contributed by atoms with van der Waals surface area (Å²) < 4.78 is 26.9. The Kier molecular flexibility index (Phi) is 4.62. The number of rotatable bonds is 3. The first-order valence-electron chi connectivity index (χ1n) is 8.02. The number of anilines is 1. The second kappa shape index (κ2) is 6.69. The molecule has 1 amide bonds. The normalized spacial score (nSPS) is 18.9. The maximum atomic E-state index is 13.9. The van der Waals surface area contributed by atoms with E-state index in [0.717, 1.165) is 17.3 Å². The van der Waals surface area contributed by atoms with Crippen molar-refractivity contribution in [3.8, 4) is 0 Å². The Balaban J connectivity index is 1.76. The van der Waals surface area contributed by atoms with Gasteiger partial charge in [0.25, 0.3) is 0 Å². The van der Waals surface area contributed by atoms with Crippen LogP contribution in [0.5, 0.6) is 0 Å². The third-order valence-electron chi connectivity index (χ3n) is 4.58. The number of hydrogen-bond acceptors (Lipinski definition) is 2. The van der Waals surface area contributed by atoms with Crippen molar-refractivity contribution in [3.05, 3.63) is 65.2 Å². The van der Waals surface area contributed by atoms with Crippen LogP contribution in [0.1, 0.15) is 18.1 Å². The summed E-state index contributed by atoms with van der Waals surface area (Å²) in [4.78, 5) is 16.5. The molecule has 0 aliphatic carbocycles. The third-order valence-corrected chi connectivity index (χ3v) is 4.58. The van der Waals surface area contributed by atoms with Crippen molar-refractivity contribution in [3.63, 3.8) is 0 Å². The van der Waals surface area contributed by atoms with Crippen LogP contribution in [0.2, 0.25) is 0 Å². The number of halogens is 2. The summed E-state index contributed by atoms with van der Waals surface area (Å²) in [6.07, 6.45) is 0. The monoisotopic (exact) mass is 330 g/mol. The zero-order valence-corrected chi connectivity index (χ0v) is 13.8. The van der Waals surface area contributed by atoms with Crippen LogP contribution >= 0.6 is 0 Å². The number of nitrogens with zero attached hydrogens (tertiary/aromatic N) is 2. The van der Waals surface area contributed by atoms with E-state index in [1.807, 2.05) is 43.0 Å². The number of piperazine rings is 1. The summed E-state index contributed by atoms with van der Waals surface area (Å²) in [7, 11) is 0. The molecule has 0 aromatic heterocycles. The minimum atomic E-state index is -0.593. The van der Waals surface area contributed by atoms with Crippen LogP contribution in [-0.2, 0) is 11.3 Å². The van der Waals surface area contributed by atoms with E-state index in [9.17, 15) is 13.6 Å². The SMILES string of the molecule is Cc1ccccc1N1CCN(Cc2ccc(F)cc2F)C(C)C1=O. The van der Waals surface area contributed by atoms with Gasteiger partial charge in [0.2, 0.25) is 5.91 Å². The molecular weight excluding hydrogens is 310 g/mol. The second-order valence-electron chi connectivity index (χ2n) is 6.16. The summed E-state index contributed by atoms with van der Waals surface area (Å²) >= 11 is 0. The van der Waals surface area contributed by atoms with Gasteiger partial charge < -0.3 is 4.90 Å². The maximum absolute atomic E-state index is 13.9. The lowest BCUT2D eigenvalue weighted by Crippen LogP contribution is -2.55. The van der Waals surface area contributed by atoms with E-state index in [1.165, 1.54) is 12.1 Å². The highest BCUT2D eigenvalue weighted by atomic mass is 19.1. The second-order valence-corrected chi connectivity index (χ2v) is 6.16. The molecule has 5 heteroatoms. The Bertz CT molecular complexity index is 763. The van der Waals surface area contributed by atoms with E-state index in [0.29, 0.717) is 25.2 Å². The molecule has 1 aliphatic rings. The lowest BCUT2D eigenvalue weighted by Gasteiger charge is -2.39. The smallest absolute Gasteiger partial charge is 0.244 e.